The molecule has 19 heavy (non-hydrogen) atoms. The summed E-state index contributed by atoms with van der Waals surface area (Å²) in [4.78, 5) is 11.4. The zero-order valence-corrected chi connectivity index (χ0v) is 10.3. The highest BCUT2D eigenvalue weighted by molar-refractivity contribution is 5.33. The lowest BCUT2D eigenvalue weighted by Gasteiger charge is -2.14. The molecule has 5 heteroatoms. The Bertz CT molecular complexity index is 592. The van der Waals surface area contributed by atoms with Crippen LogP contribution >= 0.6 is 0 Å². The summed E-state index contributed by atoms with van der Waals surface area (Å²) in [6, 6.07) is 10.7. The first-order valence-corrected chi connectivity index (χ1v) is 5.92. The Morgan fingerprint density at radius 1 is 1.16 bits per heavy atom. The molecule has 0 unspecified atom stereocenters. The molecule has 0 aliphatic heterocycles. The molecule has 0 atom stereocenters. The van der Waals surface area contributed by atoms with Crippen molar-refractivity contribution in [3.8, 4) is 11.6 Å². The van der Waals surface area contributed by atoms with Gasteiger partial charge in [-0.15, -0.1) is 0 Å². The van der Waals surface area contributed by atoms with Gasteiger partial charge in [0.1, 0.15) is 6.61 Å². The molecule has 0 saturated carbocycles. The fourth-order valence-corrected chi connectivity index (χ4v) is 1.71. The second-order valence-corrected chi connectivity index (χ2v) is 4.03. The maximum atomic E-state index is 11.4. The summed E-state index contributed by atoms with van der Waals surface area (Å²) in [5.41, 5.74) is 0.422. The van der Waals surface area contributed by atoms with Crippen molar-refractivity contribution in [3.05, 3.63) is 58.4 Å². The van der Waals surface area contributed by atoms with Crippen molar-refractivity contribution < 1.29 is 14.9 Å². The van der Waals surface area contributed by atoms with Crippen LogP contribution < -0.4 is 10.2 Å². The monoisotopic (exact) mass is 261 g/mol. The molecule has 2 N–H and O–H groups in total. The number of nitrogens with zero attached hydrogens (tertiary/aromatic N) is 1. The van der Waals surface area contributed by atoms with Crippen molar-refractivity contribution in [2.75, 3.05) is 6.61 Å². The van der Waals surface area contributed by atoms with E-state index in [1.807, 2.05) is 30.3 Å². The van der Waals surface area contributed by atoms with E-state index in [4.69, 9.17) is 9.84 Å². The van der Waals surface area contributed by atoms with Crippen LogP contribution in [0, 0.1) is 0 Å². The van der Waals surface area contributed by atoms with Crippen LogP contribution in [0.2, 0.25) is 0 Å². The summed E-state index contributed by atoms with van der Waals surface area (Å²) in [6.07, 6.45) is 1.48. The molecule has 2 rings (SSSR count). The van der Waals surface area contributed by atoms with E-state index in [2.05, 4.69) is 0 Å². The van der Waals surface area contributed by atoms with E-state index in [0.29, 0.717) is 0 Å². The Kier molecular flexibility index (Phi) is 4.20. The third-order valence-corrected chi connectivity index (χ3v) is 2.66. The maximum absolute atomic E-state index is 11.4. The first-order chi connectivity index (χ1) is 9.22. The number of hydrogen-bond acceptors (Lipinski definition) is 4. The summed E-state index contributed by atoms with van der Waals surface area (Å²) in [6.45, 7) is 0.380. The highest BCUT2D eigenvalue weighted by Gasteiger charge is 2.11. The van der Waals surface area contributed by atoms with E-state index in [0.717, 1.165) is 5.56 Å². The van der Waals surface area contributed by atoms with Gasteiger partial charge in [0, 0.05) is 18.8 Å². The van der Waals surface area contributed by atoms with Gasteiger partial charge in [-0.1, -0.05) is 30.3 Å². The normalized spacial score (nSPS) is 10.4. The number of aliphatic hydroxyl groups excluding tert-OH is 1. The van der Waals surface area contributed by atoms with Gasteiger partial charge < -0.3 is 19.5 Å². The van der Waals surface area contributed by atoms with Crippen molar-refractivity contribution >= 4 is 0 Å². The van der Waals surface area contributed by atoms with Crippen LogP contribution in [0.5, 0.6) is 11.6 Å². The van der Waals surface area contributed by atoms with Crippen LogP contribution in [-0.2, 0) is 13.2 Å². The van der Waals surface area contributed by atoms with Gasteiger partial charge in [-0.2, -0.15) is 0 Å². The SMILES string of the molecule is O=c1ccn(CCO)c(OCc2ccccc2)c1O. The fraction of sp³-hybridized carbons (Fsp3) is 0.214. The number of aromatic hydroxyl groups is 1. The molecule has 0 radical (unpaired) electrons. The summed E-state index contributed by atoms with van der Waals surface area (Å²) in [5.74, 6) is -0.364. The van der Waals surface area contributed by atoms with Crippen LogP contribution in [-0.4, -0.2) is 21.4 Å². The van der Waals surface area contributed by atoms with Crippen LogP contribution in [0.15, 0.2) is 47.4 Å². The zero-order valence-electron chi connectivity index (χ0n) is 10.3. The van der Waals surface area contributed by atoms with E-state index in [1.54, 1.807) is 0 Å². The first-order valence-electron chi connectivity index (χ1n) is 5.92. The molecule has 0 bridgehead atoms. The van der Waals surface area contributed by atoms with Crippen molar-refractivity contribution in [3.63, 3.8) is 0 Å². The summed E-state index contributed by atoms with van der Waals surface area (Å²) >= 11 is 0. The van der Waals surface area contributed by atoms with Gasteiger partial charge in [0.25, 0.3) is 0 Å². The van der Waals surface area contributed by atoms with Gasteiger partial charge in [-0.05, 0) is 5.56 Å². The average molecular weight is 261 g/mol. The van der Waals surface area contributed by atoms with Gasteiger partial charge >= 0.3 is 0 Å². The van der Waals surface area contributed by atoms with E-state index in [1.165, 1.54) is 16.8 Å². The van der Waals surface area contributed by atoms with Gasteiger partial charge in [0.05, 0.1) is 6.61 Å². The van der Waals surface area contributed by atoms with E-state index >= 15 is 0 Å². The predicted octanol–water partition coefficient (Wildman–Crippen LogP) is 1.13. The van der Waals surface area contributed by atoms with Gasteiger partial charge in [-0.25, -0.2) is 0 Å². The minimum absolute atomic E-state index is 0.0744. The molecule has 2 aromatic rings. The van der Waals surface area contributed by atoms with Crippen LogP contribution in [0.4, 0.5) is 0 Å². The summed E-state index contributed by atoms with van der Waals surface area (Å²) in [7, 11) is 0. The minimum Gasteiger partial charge on any atom is -0.500 e. The molecule has 0 saturated heterocycles. The molecular formula is C14H15NO4. The van der Waals surface area contributed by atoms with Crippen molar-refractivity contribution in [2.45, 2.75) is 13.2 Å². The number of pyridine rings is 1. The van der Waals surface area contributed by atoms with Crippen LogP contribution in [0.25, 0.3) is 0 Å². The molecule has 100 valence electrons. The number of aliphatic hydroxyl groups is 1. The molecule has 1 heterocycles. The fourth-order valence-electron chi connectivity index (χ4n) is 1.71. The highest BCUT2D eigenvalue weighted by atomic mass is 16.5. The lowest BCUT2D eigenvalue weighted by Crippen LogP contribution is -2.13. The van der Waals surface area contributed by atoms with Gasteiger partial charge in [0.2, 0.25) is 17.1 Å². The number of rotatable bonds is 5. The quantitative estimate of drug-likeness (QED) is 0.846. The molecule has 0 fully saturated rings. The van der Waals surface area contributed by atoms with Gasteiger partial charge in [0.15, 0.2) is 0 Å². The lowest BCUT2D eigenvalue weighted by atomic mass is 10.2. The molecule has 0 aliphatic rings. The molecule has 1 aromatic carbocycles. The molecule has 5 nitrogen and oxygen atoms in total. The Morgan fingerprint density at radius 2 is 1.89 bits per heavy atom. The zero-order chi connectivity index (χ0) is 13.7. The molecule has 1 aromatic heterocycles. The Balaban J connectivity index is 2.23. The van der Waals surface area contributed by atoms with Crippen molar-refractivity contribution in [2.24, 2.45) is 0 Å². The Labute approximate surface area is 110 Å². The number of aromatic nitrogens is 1. The molecule has 0 amide bonds. The smallest absolute Gasteiger partial charge is 0.241 e. The van der Waals surface area contributed by atoms with E-state index in [-0.39, 0.29) is 25.6 Å². The molecule has 0 aliphatic carbocycles. The third kappa shape index (κ3) is 3.14. The number of benzene rings is 1. The minimum atomic E-state index is -0.503. The highest BCUT2D eigenvalue weighted by Crippen LogP contribution is 2.22. The van der Waals surface area contributed by atoms with Crippen LogP contribution in [0.1, 0.15) is 5.56 Å². The standard InChI is InChI=1S/C14H15NO4/c16-9-8-15-7-6-12(17)13(18)14(15)19-10-11-4-2-1-3-5-11/h1-7,16,18H,8-10H2. The van der Waals surface area contributed by atoms with Gasteiger partial charge in [-0.3, -0.25) is 4.79 Å². The molecular weight excluding hydrogens is 246 g/mol. The topological polar surface area (TPSA) is 71.7 Å². The van der Waals surface area contributed by atoms with Crippen molar-refractivity contribution in [1.29, 1.82) is 0 Å². The van der Waals surface area contributed by atoms with E-state index < -0.39 is 11.2 Å². The summed E-state index contributed by atoms with van der Waals surface area (Å²) in [5, 5.41) is 18.7. The second-order valence-electron chi connectivity index (χ2n) is 4.03. The maximum Gasteiger partial charge on any atom is 0.241 e. The Hall–Kier alpha value is -2.27. The van der Waals surface area contributed by atoms with E-state index in [9.17, 15) is 9.90 Å². The molecule has 0 spiro atoms. The largest absolute Gasteiger partial charge is 0.500 e. The third-order valence-electron chi connectivity index (χ3n) is 2.66. The number of ether oxygens (including phenoxy) is 1. The first kappa shape index (κ1) is 13.2. The predicted molar refractivity (Wildman–Crippen MR) is 70.2 cm³/mol. The Morgan fingerprint density at radius 3 is 2.58 bits per heavy atom. The average Bonchev–Trinajstić information content (AvgIpc) is 2.44. The van der Waals surface area contributed by atoms with Crippen LogP contribution in [0.3, 0.4) is 0 Å². The second kappa shape index (κ2) is 6.06. The summed E-state index contributed by atoms with van der Waals surface area (Å²) < 4.78 is 6.99. The lowest BCUT2D eigenvalue weighted by molar-refractivity contribution is 0.232. The number of hydrogen-bond donors (Lipinski definition) is 2. The van der Waals surface area contributed by atoms with Crippen molar-refractivity contribution in [1.82, 2.24) is 4.57 Å².